The standard InChI is InChI=1S/C24H34N2O6/c1-23(16-21(27)28)17-24(32-31-23)8-6-19(7-9-24)18-2-4-20(5-3-18)22(29)25-10-11-26-12-14-30-15-13-26/h2-5,19H,6-17H2,1H3,(H,25,29)(H,27,28). The average Bonchev–Trinajstić information content (AvgIpc) is 3.10. The lowest BCUT2D eigenvalue weighted by atomic mass is 9.72. The van der Waals surface area contributed by atoms with Gasteiger partial charge in [0.1, 0.15) is 11.2 Å². The zero-order valence-corrected chi connectivity index (χ0v) is 18.8. The molecular formula is C24H34N2O6. The summed E-state index contributed by atoms with van der Waals surface area (Å²) < 4.78 is 5.34. The minimum absolute atomic E-state index is 0.0402. The highest BCUT2D eigenvalue weighted by atomic mass is 17.2. The number of nitrogens with one attached hydrogen (secondary N) is 1. The third-order valence-electron chi connectivity index (χ3n) is 7.00. The fourth-order valence-electron chi connectivity index (χ4n) is 5.24. The van der Waals surface area contributed by atoms with Crippen molar-refractivity contribution in [3.63, 3.8) is 0 Å². The van der Waals surface area contributed by atoms with Crippen molar-refractivity contribution in [1.82, 2.24) is 10.2 Å². The van der Waals surface area contributed by atoms with Gasteiger partial charge in [0, 0.05) is 38.2 Å². The van der Waals surface area contributed by atoms with Crippen LogP contribution in [0.4, 0.5) is 0 Å². The molecule has 2 aliphatic heterocycles. The van der Waals surface area contributed by atoms with Gasteiger partial charge in [-0.2, -0.15) is 0 Å². The summed E-state index contributed by atoms with van der Waals surface area (Å²) in [5.74, 6) is -0.498. The first-order valence-corrected chi connectivity index (χ1v) is 11.6. The van der Waals surface area contributed by atoms with Crippen molar-refractivity contribution in [2.24, 2.45) is 0 Å². The Bertz CT molecular complexity index is 799. The number of amides is 1. The number of carboxylic acid groups (broad SMARTS) is 1. The monoisotopic (exact) mass is 446 g/mol. The molecule has 4 rings (SSSR count). The number of rotatable bonds is 7. The van der Waals surface area contributed by atoms with E-state index in [1.54, 1.807) is 0 Å². The maximum Gasteiger partial charge on any atom is 0.306 e. The molecule has 1 unspecified atom stereocenters. The molecule has 0 radical (unpaired) electrons. The number of hydrogen-bond donors (Lipinski definition) is 2. The van der Waals surface area contributed by atoms with Crippen molar-refractivity contribution in [3.05, 3.63) is 35.4 Å². The summed E-state index contributed by atoms with van der Waals surface area (Å²) >= 11 is 0. The Hall–Kier alpha value is -2.00. The van der Waals surface area contributed by atoms with E-state index in [0.717, 1.165) is 58.5 Å². The van der Waals surface area contributed by atoms with Gasteiger partial charge < -0.3 is 15.2 Å². The Morgan fingerprint density at radius 2 is 1.81 bits per heavy atom. The highest BCUT2D eigenvalue weighted by Gasteiger charge is 2.51. The van der Waals surface area contributed by atoms with Crippen LogP contribution < -0.4 is 5.32 Å². The molecular weight excluding hydrogens is 412 g/mol. The Labute approximate surface area is 189 Å². The Kier molecular flexibility index (Phi) is 7.14. The summed E-state index contributed by atoms with van der Waals surface area (Å²) in [6.45, 7) is 6.65. The SMILES string of the molecule is CC1(CC(=O)O)CC2(CCC(c3ccc(C(=O)NCCN4CCOCC4)cc3)CC2)OO1. The molecule has 1 aliphatic carbocycles. The van der Waals surface area contributed by atoms with E-state index in [4.69, 9.17) is 19.6 Å². The van der Waals surface area contributed by atoms with Gasteiger partial charge in [0.25, 0.3) is 5.91 Å². The van der Waals surface area contributed by atoms with Crippen molar-refractivity contribution in [1.29, 1.82) is 0 Å². The van der Waals surface area contributed by atoms with Crippen LogP contribution in [0.2, 0.25) is 0 Å². The fraction of sp³-hybridized carbons (Fsp3) is 0.667. The number of morpholine rings is 1. The first-order valence-electron chi connectivity index (χ1n) is 11.6. The molecule has 1 atom stereocenters. The predicted octanol–water partition coefficient (Wildman–Crippen LogP) is 2.73. The molecule has 1 amide bonds. The van der Waals surface area contributed by atoms with Gasteiger partial charge in [-0.05, 0) is 56.2 Å². The highest BCUT2D eigenvalue weighted by Crippen LogP contribution is 2.49. The van der Waals surface area contributed by atoms with E-state index >= 15 is 0 Å². The lowest BCUT2D eigenvalue weighted by Gasteiger charge is -2.35. The van der Waals surface area contributed by atoms with E-state index in [2.05, 4.69) is 22.3 Å². The molecule has 0 aromatic heterocycles. The first kappa shape index (κ1) is 23.2. The quantitative estimate of drug-likeness (QED) is 0.622. The number of carbonyl (C=O) groups excluding carboxylic acids is 1. The van der Waals surface area contributed by atoms with Crippen LogP contribution in [-0.4, -0.2) is 72.5 Å². The molecule has 3 aliphatic rings. The van der Waals surface area contributed by atoms with Crippen molar-refractivity contribution >= 4 is 11.9 Å². The van der Waals surface area contributed by atoms with Crippen LogP contribution in [0.1, 0.15) is 67.3 Å². The molecule has 1 spiro atoms. The lowest BCUT2D eigenvalue weighted by Crippen LogP contribution is -2.41. The van der Waals surface area contributed by atoms with Gasteiger partial charge in [-0.3, -0.25) is 14.5 Å². The van der Waals surface area contributed by atoms with Crippen LogP contribution in [0, 0.1) is 0 Å². The van der Waals surface area contributed by atoms with Gasteiger partial charge in [0.2, 0.25) is 0 Å². The number of ether oxygens (including phenoxy) is 1. The fourth-order valence-corrected chi connectivity index (χ4v) is 5.24. The molecule has 8 heteroatoms. The van der Waals surface area contributed by atoms with Crippen molar-refractivity contribution in [3.8, 4) is 0 Å². The summed E-state index contributed by atoms with van der Waals surface area (Å²) in [5.41, 5.74) is 0.785. The Morgan fingerprint density at radius 1 is 1.12 bits per heavy atom. The van der Waals surface area contributed by atoms with Crippen molar-refractivity contribution < 1.29 is 29.2 Å². The summed E-state index contributed by atoms with van der Waals surface area (Å²) in [6, 6.07) is 7.92. The second kappa shape index (κ2) is 9.87. The first-order chi connectivity index (χ1) is 15.4. The van der Waals surface area contributed by atoms with Gasteiger partial charge in [-0.25, -0.2) is 9.78 Å². The van der Waals surface area contributed by atoms with Gasteiger partial charge >= 0.3 is 5.97 Å². The van der Waals surface area contributed by atoms with Crippen LogP contribution in [0.5, 0.6) is 0 Å². The van der Waals surface area contributed by atoms with E-state index in [9.17, 15) is 9.59 Å². The molecule has 1 saturated carbocycles. The number of benzene rings is 1. The predicted molar refractivity (Wildman–Crippen MR) is 117 cm³/mol. The molecule has 1 aromatic rings. The Balaban J connectivity index is 1.24. The maximum absolute atomic E-state index is 12.5. The van der Waals surface area contributed by atoms with Crippen LogP contribution in [0.25, 0.3) is 0 Å². The summed E-state index contributed by atoms with van der Waals surface area (Å²) in [4.78, 5) is 37.0. The summed E-state index contributed by atoms with van der Waals surface area (Å²) in [5, 5.41) is 12.1. The normalized spacial score (nSPS) is 31.0. The largest absolute Gasteiger partial charge is 0.481 e. The molecule has 1 aromatic carbocycles. The molecule has 32 heavy (non-hydrogen) atoms. The van der Waals surface area contributed by atoms with E-state index in [-0.39, 0.29) is 17.9 Å². The molecule has 8 nitrogen and oxygen atoms in total. The van der Waals surface area contributed by atoms with Crippen LogP contribution >= 0.6 is 0 Å². The number of aliphatic carboxylic acids is 1. The third kappa shape index (κ3) is 5.67. The minimum Gasteiger partial charge on any atom is -0.481 e. The average molecular weight is 447 g/mol. The van der Waals surface area contributed by atoms with Crippen LogP contribution in [0.15, 0.2) is 24.3 Å². The molecule has 176 valence electrons. The van der Waals surface area contributed by atoms with Crippen LogP contribution in [0.3, 0.4) is 0 Å². The molecule has 2 heterocycles. The van der Waals surface area contributed by atoms with E-state index in [1.807, 2.05) is 19.1 Å². The molecule has 2 saturated heterocycles. The van der Waals surface area contributed by atoms with Gasteiger partial charge in [0.05, 0.1) is 19.6 Å². The minimum atomic E-state index is -0.868. The molecule has 2 N–H and O–H groups in total. The van der Waals surface area contributed by atoms with Gasteiger partial charge in [-0.15, -0.1) is 0 Å². The summed E-state index contributed by atoms with van der Waals surface area (Å²) in [6.07, 6.45) is 4.17. The third-order valence-corrected chi connectivity index (χ3v) is 7.00. The second-order valence-electron chi connectivity index (χ2n) is 9.65. The maximum atomic E-state index is 12.5. The smallest absolute Gasteiger partial charge is 0.306 e. The molecule has 0 bridgehead atoms. The number of carboxylic acids is 1. The van der Waals surface area contributed by atoms with E-state index in [0.29, 0.717) is 24.4 Å². The van der Waals surface area contributed by atoms with Crippen molar-refractivity contribution in [2.45, 2.75) is 62.6 Å². The zero-order valence-electron chi connectivity index (χ0n) is 18.8. The number of carbonyl (C=O) groups is 2. The van der Waals surface area contributed by atoms with Gasteiger partial charge in [-0.1, -0.05) is 12.1 Å². The lowest BCUT2D eigenvalue weighted by molar-refractivity contribution is -0.351. The van der Waals surface area contributed by atoms with Crippen molar-refractivity contribution in [2.75, 3.05) is 39.4 Å². The van der Waals surface area contributed by atoms with E-state index in [1.165, 1.54) is 5.56 Å². The zero-order chi connectivity index (χ0) is 22.6. The van der Waals surface area contributed by atoms with E-state index < -0.39 is 11.6 Å². The van der Waals surface area contributed by atoms with Crippen LogP contribution in [-0.2, 0) is 19.3 Å². The summed E-state index contributed by atoms with van der Waals surface area (Å²) in [7, 11) is 0. The van der Waals surface area contributed by atoms with Gasteiger partial charge in [0.15, 0.2) is 0 Å². The Morgan fingerprint density at radius 3 is 2.47 bits per heavy atom. The number of nitrogens with zero attached hydrogens (tertiary/aromatic N) is 1. The second-order valence-corrected chi connectivity index (χ2v) is 9.65. The highest BCUT2D eigenvalue weighted by molar-refractivity contribution is 5.94. The number of hydrogen-bond acceptors (Lipinski definition) is 6. The topological polar surface area (TPSA) is 97.3 Å². The molecule has 3 fully saturated rings.